The Morgan fingerprint density at radius 3 is 2.53 bits per heavy atom. The summed E-state index contributed by atoms with van der Waals surface area (Å²) in [7, 11) is -3.12. The molecule has 2 unspecified atom stereocenters. The van der Waals surface area contributed by atoms with E-state index in [1.54, 1.807) is 0 Å². The second-order valence-corrected chi connectivity index (χ2v) is 5.65. The molecule has 0 aromatic heterocycles. The van der Waals surface area contributed by atoms with Crippen LogP contribution in [0.2, 0.25) is 0 Å². The minimum Gasteiger partial charge on any atom is -0.390 e. The lowest BCUT2D eigenvalue weighted by molar-refractivity contribution is 0.166. The molecule has 0 aromatic rings. The van der Waals surface area contributed by atoms with Gasteiger partial charge in [0.05, 0.1) is 17.6 Å². The first-order chi connectivity index (χ1) is 6.91. The predicted molar refractivity (Wildman–Crippen MR) is 54.0 cm³/mol. The molecule has 1 fully saturated rings. The molecule has 88 valence electrons. The van der Waals surface area contributed by atoms with Crippen LogP contribution in [0.1, 0.15) is 0 Å². The zero-order chi connectivity index (χ0) is 11.5. The molecule has 7 nitrogen and oxygen atoms in total. The highest BCUT2D eigenvalue weighted by Gasteiger charge is 2.35. The van der Waals surface area contributed by atoms with E-state index >= 15 is 0 Å². The molecular weight excluding hydrogens is 222 g/mol. The molecule has 8 heteroatoms. The molecule has 0 saturated carbocycles. The van der Waals surface area contributed by atoms with Gasteiger partial charge in [-0.3, -0.25) is 0 Å². The van der Waals surface area contributed by atoms with Gasteiger partial charge in [0.2, 0.25) is 0 Å². The largest absolute Gasteiger partial charge is 0.390 e. The Hall–Kier alpha value is -0.860. The van der Waals surface area contributed by atoms with Gasteiger partial charge in [-0.05, 0) is 0 Å². The number of hydrogen-bond donors (Lipinski definition) is 4. The van der Waals surface area contributed by atoms with Gasteiger partial charge in [-0.1, -0.05) is 0 Å². The SMILES string of the molecule is NC(=O)NCCNC1CS(=O)(=O)CC1O. The second-order valence-electron chi connectivity index (χ2n) is 3.50. The second kappa shape index (κ2) is 4.77. The molecule has 0 spiro atoms. The number of amides is 2. The fourth-order valence-corrected chi connectivity index (χ4v) is 3.24. The fraction of sp³-hybridized carbons (Fsp3) is 0.857. The van der Waals surface area contributed by atoms with Crippen LogP contribution in [-0.4, -0.2) is 56.3 Å². The first-order valence-electron chi connectivity index (χ1n) is 4.56. The first kappa shape index (κ1) is 12.2. The molecule has 0 aliphatic carbocycles. The molecule has 1 aliphatic rings. The summed E-state index contributed by atoms with van der Waals surface area (Å²) in [4.78, 5) is 10.3. The summed E-state index contributed by atoms with van der Waals surface area (Å²) < 4.78 is 22.2. The number of rotatable bonds is 4. The molecule has 1 heterocycles. The van der Waals surface area contributed by atoms with Crippen LogP contribution in [0.15, 0.2) is 0 Å². The number of carbonyl (C=O) groups excluding carboxylic acids is 1. The third-order valence-corrected chi connectivity index (χ3v) is 3.87. The fourth-order valence-electron chi connectivity index (χ4n) is 1.47. The van der Waals surface area contributed by atoms with E-state index in [-0.39, 0.29) is 11.5 Å². The van der Waals surface area contributed by atoms with Crippen molar-refractivity contribution in [1.82, 2.24) is 10.6 Å². The van der Waals surface area contributed by atoms with Crippen LogP contribution in [0.25, 0.3) is 0 Å². The number of nitrogens with two attached hydrogens (primary N) is 1. The molecule has 0 aromatic carbocycles. The van der Waals surface area contributed by atoms with Gasteiger partial charge in [0, 0.05) is 19.1 Å². The molecular formula is C7H15N3O4S. The lowest BCUT2D eigenvalue weighted by atomic mass is 10.2. The normalized spacial score (nSPS) is 28.9. The highest BCUT2D eigenvalue weighted by atomic mass is 32.2. The van der Waals surface area contributed by atoms with E-state index in [1.807, 2.05) is 0 Å². The van der Waals surface area contributed by atoms with Gasteiger partial charge in [0.1, 0.15) is 0 Å². The van der Waals surface area contributed by atoms with Gasteiger partial charge in [-0.15, -0.1) is 0 Å². The molecule has 1 aliphatic heterocycles. The maximum Gasteiger partial charge on any atom is 0.312 e. The average molecular weight is 237 g/mol. The van der Waals surface area contributed by atoms with Crippen molar-refractivity contribution in [2.75, 3.05) is 24.6 Å². The third-order valence-electron chi connectivity index (χ3n) is 2.15. The Labute approximate surface area is 87.9 Å². The molecule has 0 bridgehead atoms. The number of urea groups is 1. The minimum absolute atomic E-state index is 0.0647. The third kappa shape index (κ3) is 4.02. The van der Waals surface area contributed by atoms with E-state index in [0.717, 1.165) is 0 Å². The van der Waals surface area contributed by atoms with Crippen molar-refractivity contribution in [2.24, 2.45) is 5.73 Å². The van der Waals surface area contributed by atoms with Gasteiger partial charge in [-0.2, -0.15) is 0 Å². The summed E-state index contributed by atoms with van der Waals surface area (Å²) in [6.45, 7) is 0.679. The number of aliphatic hydroxyl groups is 1. The van der Waals surface area contributed by atoms with E-state index in [9.17, 15) is 18.3 Å². The van der Waals surface area contributed by atoms with E-state index in [0.29, 0.717) is 13.1 Å². The van der Waals surface area contributed by atoms with Crippen molar-refractivity contribution in [1.29, 1.82) is 0 Å². The van der Waals surface area contributed by atoms with E-state index in [2.05, 4.69) is 10.6 Å². The van der Waals surface area contributed by atoms with E-state index in [4.69, 9.17) is 5.73 Å². The maximum atomic E-state index is 11.1. The Bertz CT molecular complexity index is 329. The van der Waals surface area contributed by atoms with Crippen molar-refractivity contribution >= 4 is 15.9 Å². The summed E-state index contributed by atoms with van der Waals surface area (Å²) in [6.07, 6.45) is -0.872. The van der Waals surface area contributed by atoms with E-state index < -0.39 is 28.0 Å². The molecule has 1 saturated heterocycles. The number of carbonyl (C=O) groups is 1. The summed E-state index contributed by atoms with van der Waals surface area (Å²) in [6, 6.07) is -1.08. The van der Waals surface area contributed by atoms with Crippen molar-refractivity contribution in [2.45, 2.75) is 12.1 Å². The van der Waals surface area contributed by atoms with Crippen molar-refractivity contribution in [3.8, 4) is 0 Å². The standard InChI is InChI=1S/C7H15N3O4S/c8-7(12)10-2-1-9-5-3-15(13,14)4-6(5)11/h5-6,9,11H,1-4H2,(H3,8,10,12). The molecule has 15 heavy (non-hydrogen) atoms. The topological polar surface area (TPSA) is 122 Å². The van der Waals surface area contributed by atoms with Crippen molar-refractivity contribution in [3.63, 3.8) is 0 Å². The Balaban J connectivity index is 2.25. The predicted octanol–water partition coefficient (Wildman–Crippen LogP) is -2.60. The zero-order valence-electron chi connectivity index (χ0n) is 8.14. The van der Waals surface area contributed by atoms with Gasteiger partial charge in [-0.25, -0.2) is 13.2 Å². The monoisotopic (exact) mass is 237 g/mol. The smallest absolute Gasteiger partial charge is 0.312 e. The lowest BCUT2D eigenvalue weighted by Gasteiger charge is -2.14. The van der Waals surface area contributed by atoms with Crippen LogP contribution in [0.4, 0.5) is 4.79 Å². The van der Waals surface area contributed by atoms with E-state index in [1.165, 1.54) is 0 Å². The van der Waals surface area contributed by atoms with Crippen LogP contribution in [0.3, 0.4) is 0 Å². The van der Waals surface area contributed by atoms with Gasteiger partial charge >= 0.3 is 6.03 Å². The summed E-state index contributed by atoms with van der Waals surface area (Å²) in [5, 5.41) is 14.6. The molecule has 0 radical (unpaired) electrons. The Kier molecular flexibility index (Phi) is 3.89. The molecule has 1 rings (SSSR count). The molecule has 5 N–H and O–H groups in total. The van der Waals surface area contributed by atoms with Crippen LogP contribution in [-0.2, 0) is 9.84 Å². The summed E-state index contributed by atoms with van der Waals surface area (Å²) in [5.41, 5.74) is 4.83. The number of hydrogen-bond acceptors (Lipinski definition) is 5. The molecule has 2 atom stereocenters. The Morgan fingerprint density at radius 2 is 2.07 bits per heavy atom. The number of aliphatic hydroxyl groups excluding tert-OH is 1. The molecule has 2 amide bonds. The van der Waals surface area contributed by atoms with Crippen molar-refractivity contribution < 1.29 is 18.3 Å². The van der Waals surface area contributed by atoms with Gasteiger partial charge < -0.3 is 21.5 Å². The van der Waals surface area contributed by atoms with Gasteiger partial charge in [0.15, 0.2) is 9.84 Å². The van der Waals surface area contributed by atoms with Crippen LogP contribution < -0.4 is 16.4 Å². The number of nitrogens with one attached hydrogen (secondary N) is 2. The maximum absolute atomic E-state index is 11.1. The quantitative estimate of drug-likeness (QED) is 0.399. The van der Waals surface area contributed by atoms with Crippen LogP contribution in [0, 0.1) is 0 Å². The minimum atomic E-state index is -3.12. The highest BCUT2D eigenvalue weighted by molar-refractivity contribution is 7.91. The van der Waals surface area contributed by atoms with Gasteiger partial charge in [0.25, 0.3) is 0 Å². The van der Waals surface area contributed by atoms with Crippen LogP contribution >= 0.6 is 0 Å². The highest BCUT2D eigenvalue weighted by Crippen LogP contribution is 2.11. The Morgan fingerprint density at radius 1 is 1.40 bits per heavy atom. The zero-order valence-corrected chi connectivity index (χ0v) is 8.96. The first-order valence-corrected chi connectivity index (χ1v) is 6.38. The van der Waals surface area contributed by atoms with Crippen molar-refractivity contribution in [3.05, 3.63) is 0 Å². The average Bonchev–Trinajstić information content (AvgIpc) is 2.33. The number of sulfone groups is 1. The number of primary amides is 1. The summed E-state index contributed by atoms with van der Waals surface area (Å²) in [5.74, 6) is -0.265. The van der Waals surface area contributed by atoms with Crippen LogP contribution in [0.5, 0.6) is 0 Å². The summed E-state index contributed by atoms with van der Waals surface area (Å²) >= 11 is 0. The lowest BCUT2D eigenvalue weighted by Crippen LogP contribution is -2.43.